The summed E-state index contributed by atoms with van der Waals surface area (Å²) in [4.78, 5) is 14.6. The molecule has 2 aromatic carbocycles. The van der Waals surface area contributed by atoms with E-state index in [0.717, 1.165) is 37.4 Å². The number of benzene rings is 2. The minimum atomic E-state index is -0.289. The van der Waals surface area contributed by atoms with Crippen molar-refractivity contribution in [2.24, 2.45) is 0 Å². The lowest BCUT2D eigenvalue weighted by Crippen LogP contribution is -2.43. The average molecular weight is 369 g/mol. The number of esters is 1. The van der Waals surface area contributed by atoms with Gasteiger partial charge >= 0.3 is 5.97 Å². The topological polar surface area (TPSA) is 48.0 Å². The summed E-state index contributed by atoms with van der Waals surface area (Å²) in [7, 11) is 0. The van der Waals surface area contributed by atoms with Crippen molar-refractivity contribution in [2.45, 2.75) is 19.1 Å². The van der Waals surface area contributed by atoms with Gasteiger partial charge in [0.1, 0.15) is 6.10 Å². The highest BCUT2D eigenvalue weighted by Crippen LogP contribution is 2.08. The summed E-state index contributed by atoms with van der Waals surface area (Å²) < 4.78 is 17.0. The molecule has 3 rings (SSSR count). The molecule has 0 unspecified atom stereocenters. The van der Waals surface area contributed by atoms with Crippen molar-refractivity contribution in [1.29, 1.82) is 0 Å². The third-order valence-corrected chi connectivity index (χ3v) is 4.47. The first-order valence-electron chi connectivity index (χ1n) is 9.45. The van der Waals surface area contributed by atoms with Crippen LogP contribution in [0, 0.1) is 0 Å². The van der Waals surface area contributed by atoms with E-state index in [4.69, 9.17) is 14.2 Å². The van der Waals surface area contributed by atoms with E-state index in [2.05, 4.69) is 4.90 Å². The van der Waals surface area contributed by atoms with Gasteiger partial charge < -0.3 is 14.2 Å². The van der Waals surface area contributed by atoms with Crippen molar-refractivity contribution in [1.82, 2.24) is 4.90 Å². The van der Waals surface area contributed by atoms with E-state index in [1.54, 1.807) is 0 Å². The first-order chi connectivity index (χ1) is 13.3. The predicted octanol–water partition coefficient (Wildman–Crippen LogP) is 2.69. The van der Waals surface area contributed by atoms with Crippen molar-refractivity contribution in [3.63, 3.8) is 0 Å². The van der Waals surface area contributed by atoms with Crippen molar-refractivity contribution >= 4 is 5.97 Å². The second-order valence-electron chi connectivity index (χ2n) is 6.69. The summed E-state index contributed by atoms with van der Waals surface area (Å²) in [6, 6.07) is 19.7. The first-order valence-corrected chi connectivity index (χ1v) is 9.45. The standard InChI is InChI=1S/C22H27NO4/c24-22(15-19-7-3-1-4-8-19)27-21(16-23-11-13-25-14-12-23)18-26-17-20-9-5-2-6-10-20/h1-10,21H,11-18H2/t21-/m0/s1. The van der Waals surface area contributed by atoms with Crippen molar-refractivity contribution in [3.05, 3.63) is 71.8 Å². The summed E-state index contributed by atoms with van der Waals surface area (Å²) in [6.07, 6.45) is -0.0119. The summed E-state index contributed by atoms with van der Waals surface area (Å²) in [6.45, 7) is 4.70. The molecular weight excluding hydrogens is 342 g/mol. The Morgan fingerprint density at radius 2 is 1.59 bits per heavy atom. The molecule has 0 N–H and O–H groups in total. The Balaban J connectivity index is 1.52. The number of ether oxygens (including phenoxy) is 3. The molecule has 0 spiro atoms. The smallest absolute Gasteiger partial charge is 0.310 e. The van der Waals surface area contributed by atoms with E-state index < -0.39 is 0 Å². The molecule has 1 aliphatic rings. The molecule has 144 valence electrons. The lowest BCUT2D eigenvalue weighted by molar-refractivity contribution is -0.153. The van der Waals surface area contributed by atoms with Gasteiger partial charge in [-0.2, -0.15) is 0 Å². The van der Waals surface area contributed by atoms with Gasteiger partial charge in [0, 0.05) is 19.6 Å². The van der Waals surface area contributed by atoms with Crippen LogP contribution in [0.25, 0.3) is 0 Å². The van der Waals surface area contributed by atoms with Crippen LogP contribution in [-0.4, -0.2) is 56.4 Å². The largest absolute Gasteiger partial charge is 0.458 e. The van der Waals surface area contributed by atoms with Crippen LogP contribution in [0.1, 0.15) is 11.1 Å². The molecule has 1 fully saturated rings. The average Bonchev–Trinajstić information content (AvgIpc) is 2.70. The number of rotatable bonds is 9. The lowest BCUT2D eigenvalue weighted by atomic mass is 10.1. The molecule has 0 amide bonds. The van der Waals surface area contributed by atoms with E-state index in [1.165, 1.54) is 0 Å². The molecule has 5 heteroatoms. The monoisotopic (exact) mass is 369 g/mol. The van der Waals surface area contributed by atoms with Gasteiger partial charge in [-0.15, -0.1) is 0 Å². The highest BCUT2D eigenvalue weighted by Gasteiger charge is 2.20. The van der Waals surface area contributed by atoms with Gasteiger partial charge in [0.25, 0.3) is 0 Å². The zero-order valence-electron chi connectivity index (χ0n) is 15.6. The van der Waals surface area contributed by atoms with Crippen LogP contribution in [0.2, 0.25) is 0 Å². The minimum absolute atomic E-state index is 0.220. The summed E-state index contributed by atoms with van der Waals surface area (Å²) in [5.41, 5.74) is 2.07. The van der Waals surface area contributed by atoms with Crippen molar-refractivity contribution < 1.29 is 19.0 Å². The molecule has 1 aliphatic heterocycles. The number of hydrogen-bond donors (Lipinski definition) is 0. The predicted molar refractivity (Wildman–Crippen MR) is 103 cm³/mol. The molecule has 1 atom stereocenters. The summed E-state index contributed by atoms with van der Waals surface area (Å²) >= 11 is 0. The fourth-order valence-electron chi connectivity index (χ4n) is 3.07. The summed E-state index contributed by atoms with van der Waals surface area (Å²) in [5.74, 6) is -0.220. The van der Waals surface area contributed by atoms with Crippen molar-refractivity contribution in [3.8, 4) is 0 Å². The molecule has 5 nitrogen and oxygen atoms in total. The van der Waals surface area contributed by atoms with Gasteiger partial charge in [-0.05, 0) is 11.1 Å². The van der Waals surface area contributed by atoms with E-state index in [-0.39, 0.29) is 18.5 Å². The highest BCUT2D eigenvalue weighted by atomic mass is 16.6. The third kappa shape index (κ3) is 7.13. The normalized spacial score (nSPS) is 16.0. The fourth-order valence-corrected chi connectivity index (χ4v) is 3.07. The van der Waals surface area contributed by atoms with Gasteiger partial charge in [0.2, 0.25) is 0 Å². The maximum absolute atomic E-state index is 12.4. The van der Waals surface area contributed by atoms with Gasteiger partial charge in [-0.1, -0.05) is 60.7 Å². The Bertz CT molecular complexity index is 671. The number of carbonyl (C=O) groups is 1. The molecule has 1 saturated heterocycles. The zero-order chi connectivity index (χ0) is 18.7. The van der Waals surface area contributed by atoms with Crippen molar-refractivity contribution in [2.75, 3.05) is 39.5 Å². The Morgan fingerprint density at radius 3 is 2.26 bits per heavy atom. The van der Waals surface area contributed by atoms with E-state index in [1.807, 2.05) is 60.7 Å². The molecule has 27 heavy (non-hydrogen) atoms. The molecule has 2 aromatic rings. The van der Waals surface area contributed by atoms with Gasteiger partial charge in [-0.25, -0.2) is 0 Å². The van der Waals surface area contributed by atoms with E-state index in [0.29, 0.717) is 19.8 Å². The molecule has 0 aliphatic carbocycles. The van der Waals surface area contributed by atoms with Crippen LogP contribution in [0.15, 0.2) is 60.7 Å². The number of hydrogen-bond acceptors (Lipinski definition) is 5. The minimum Gasteiger partial charge on any atom is -0.458 e. The lowest BCUT2D eigenvalue weighted by Gasteiger charge is -2.30. The van der Waals surface area contributed by atoms with Crippen LogP contribution in [0.5, 0.6) is 0 Å². The highest BCUT2D eigenvalue weighted by molar-refractivity contribution is 5.72. The van der Waals surface area contributed by atoms with Crippen LogP contribution in [-0.2, 0) is 32.0 Å². The van der Waals surface area contributed by atoms with Gasteiger partial charge in [0.05, 0.1) is 32.8 Å². The van der Waals surface area contributed by atoms with Gasteiger partial charge in [0.15, 0.2) is 0 Å². The van der Waals surface area contributed by atoms with Crippen LogP contribution in [0.3, 0.4) is 0 Å². The number of morpholine rings is 1. The Labute approximate surface area is 160 Å². The molecule has 0 radical (unpaired) electrons. The van der Waals surface area contributed by atoms with E-state index in [9.17, 15) is 4.79 Å². The molecular formula is C22H27NO4. The SMILES string of the molecule is O=C(Cc1ccccc1)O[C@H](COCc1ccccc1)CN1CCOCC1. The van der Waals surface area contributed by atoms with Crippen LogP contribution >= 0.6 is 0 Å². The molecule has 0 bridgehead atoms. The fraction of sp³-hybridized carbons (Fsp3) is 0.409. The maximum Gasteiger partial charge on any atom is 0.310 e. The quantitative estimate of drug-likeness (QED) is 0.636. The number of carbonyl (C=O) groups excluding carboxylic acids is 1. The molecule has 0 saturated carbocycles. The van der Waals surface area contributed by atoms with E-state index >= 15 is 0 Å². The summed E-state index contributed by atoms with van der Waals surface area (Å²) in [5, 5.41) is 0. The second kappa shape index (κ2) is 10.8. The Hall–Kier alpha value is -2.21. The third-order valence-electron chi connectivity index (χ3n) is 4.47. The van der Waals surface area contributed by atoms with Crippen LogP contribution in [0.4, 0.5) is 0 Å². The molecule has 1 heterocycles. The molecule has 0 aromatic heterocycles. The second-order valence-corrected chi connectivity index (χ2v) is 6.69. The zero-order valence-corrected chi connectivity index (χ0v) is 15.6. The van der Waals surface area contributed by atoms with Gasteiger partial charge in [-0.3, -0.25) is 9.69 Å². The Morgan fingerprint density at radius 1 is 0.963 bits per heavy atom. The first kappa shape index (κ1) is 19.5. The van der Waals surface area contributed by atoms with Crippen LogP contribution < -0.4 is 0 Å². The Kier molecular flexibility index (Phi) is 7.84. The number of nitrogens with zero attached hydrogens (tertiary/aromatic N) is 1. The maximum atomic E-state index is 12.4.